The minimum absolute atomic E-state index is 0.631. The lowest BCUT2D eigenvalue weighted by Crippen LogP contribution is -2.32. The Balaban J connectivity index is 1.82. The number of nitrogens with zero attached hydrogens (tertiary/aromatic N) is 3. The summed E-state index contributed by atoms with van der Waals surface area (Å²) in [7, 11) is 0. The van der Waals surface area contributed by atoms with Gasteiger partial charge in [0.25, 0.3) is 0 Å². The van der Waals surface area contributed by atoms with E-state index in [4.69, 9.17) is 16.6 Å². The number of hydrogen-bond acceptors (Lipinski definition) is 2. The maximum atomic E-state index is 5.95. The molecule has 0 unspecified atom stereocenters. The molecule has 3 rings (SSSR count). The highest BCUT2D eigenvalue weighted by Gasteiger charge is 2.13. The van der Waals surface area contributed by atoms with Crippen LogP contribution >= 0.6 is 11.6 Å². The van der Waals surface area contributed by atoms with Crippen molar-refractivity contribution < 1.29 is 0 Å². The number of alkyl halides is 1. The predicted octanol–water partition coefficient (Wildman–Crippen LogP) is 3.61. The highest BCUT2D eigenvalue weighted by Crippen LogP contribution is 2.19. The molecule has 0 radical (unpaired) electrons. The quantitative estimate of drug-likeness (QED) is 0.787. The van der Waals surface area contributed by atoms with E-state index in [1.54, 1.807) is 0 Å². The number of aromatic nitrogens is 2. The van der Waals surface area contributed by atoms with Crippen molar-refractivity contribution in [3.05, 3.63) is 29.6 Å². The summed E-state index contributed by atoms with van der Waals surface area (Å²) in [6, 6.07) is 6.54. The van der Waals surface area contributed by atoms with Crippen molar-refractivity contribution in [1.82, 2.24) is 14.5 Å². The average molecular weight is 306 g/mol. The molecule has 0 bridgehead atoms. The molecule has 0 aliphatic carbocycles. The Hall–Kier alpha value is -1.06. The predicted molar refractivity (Wildman–Crippen MR) is 89.2 cm³/mol. The van der Waals surface area contributed by atoms with Gasteiger partial charge in [-0.3, -0.25) is 0 Å². The fraction of sp³-hybridized carbons (Fsp3) is 0.588. The van der Waals surface area contributed by atoms with Crippen LogP contribution in [0.3, 0.4) is 0 Å². The van der Waals surface area contributed by atoms with Crippen molar-refractivity contribution in [3.8, 4) is 0 Å². The summed E-state index contributed by atoms with van der Waals surface area (Å²) in [6.07, 6.45) is 4.92. The van der Waals surface area contributed by atoms with Crippen LogP contribution in [-0.4, -0.2) is 40.0 Å². The molecule has 2 heterocycles. The van der Waals surface area contributed by atoms with Crippen LogP contribution in [0.15, 0.2) is 18.2 Å². The third kappa shape index (κ3) is 3.41. The highest BCUT2D eigenvalue weighted by molar-refractivity contribution is 6.17. The second-order valence-electron chi connectivity index (χ2n) is 6.01. The van der Waals surface area contributed by atoms with Crippen LogP contribution in [0.25, 0.3) is 11.0 Å². The second-order valence-corrected chi connectivity index (χ2v) is 6.39. The van der Waals surface area contributed by atoms with E-state index in [0.29, 0.717) is 5.88 Å². The number of imidazole rings is 1. The number of aryl methyl sites for hydroxylation is 2. The van der Waals surface area contributed by atoms with Crippen LogP contribution in [0, 0.1) is 6.92 Å². The molecule has 0 N–H and O–H groups in total. The minimum Gasteiger partial charge on any atom is -0.327 e. The fourth-order valence-corrected chi connectivity index (χ4v) is 3.41. The first kappa shape index (κ1) is 14.9. The Labute approximate surface area is 131 Å². The summed E-state index contributed by atoms with van der Waals surface area (Å²) in [6.45, 7) is 6.75. The SMILES string of the molecule is Cc1ccc2c(c1)nc(CCCl)n2CCN1CCCCC1. The summed E-state index contributed by atoms with van der Waals surface area (Å²) in [5, 5.41) is 0. The van der Waals surface area contributed by atoms with Crippen molar-refractivity contribution in [1.29, 1.82) is 0 Å². The summed E-state index contributed by atoms with van der Waals surface area (Å²) in [5.41, 5.74) is 3.62. The molecule has 1 aromatic heterocycles. The van der Waals surface area contributed by atoms with Crippen LogP contribution < -0.4 is 0 Å². The zero-order valence-electron chi connectivity index (χ0n) is 12.8. The van der Waals surface area contributed by atoms with Gasteiger partial charge in [0.1, 0.15) is 5.82 Å². The molecule has 1 aliphatic heterocycles. The Morgan fingerprint density at radius 2 is 1.95 bits per heavy atom. The van der Waals surface area contributed by atoms with E-state index in [1.807, 2.05) is 0 Å². The van der Waals surface area contributed by atoms with Gasteiger partial charge in [-0.25, -0.2) is 4.98 Å². The van der Waals surface area contributed by atoms with Crippen LogP contribution in [-0.2, 0) is 13.0 Å². The first-order chi connectivity index (χ1) is 10.3. The number of hydrogen-bond donors (Lipinski definition) is 0. The lowest BCUT2D eigenvalue weighted by Gasteiger charge is -2.26. The molecule has 0 spiro atoms. The molecule has 4 heteroatoms. The molecular formula is C17H24ClN3. The van der Waals surface area contributed by atoms with Gasteiger partial charge >= 0.3 is 0 Å². The van der Waals surface area contributed by atoms with E-state index < -0.39 is 0 Å². The maximum absolute atomic E-state index is 5.95. The average Bonchev–Trinajstić information content (AvgIpc) is 2.83. The van der Waals surface area contributed by atoms with Crippen molar-refractivity contribution in [2.24, 2.45) is 0 Å². The highest BCUT2D eigenvalue weighted by atomic mass is 35.5. The molecule has 3 nitrogen and oxygen atoms in total. The maximum Gasteiger partial charge on any atom is 0.111 e. The van der Waals surface area contributed by atoms with Gasteiger partial charge in [-0.1, -0.05) is 12.5 Å². The largest absolute Gasteiger partial charge is 0.327 e. The van der Waals surface area contributed by atoms with Crippen LogP contribution in [0.5, 0.6) is 0 Å². The van der Waals surface area contributed by atoms with E-state index in [9.17, 15) is 0 Å². The Morgan fingerprint density at radius 1 is 1.14 bits per heavy atom. The van der Waals surface area contributed by atoms with Crippen LogP contribution in [0.4, 0.5) is 0 Å². The number of fused-ring (bicyclic) bond motifs is 1. The van der Waals surface area contributed by atoms with Crippen molar-refractivity contribution in [2.45, 2.75) is 39.2 Å². The number of benzene rings is 1. The third-order valence-corrected chi connectivity index (χ3v) is 4.58. The van der Waals surface area contributed by atoms with Gasteiger partial charge in [-0.05, 0) is 50.6 Å². The van der Waals surface area contributed by atoms with Crippen molar-refractivity contribution in [2.75, 3.05) is 25.5 Å². The number of likely N-dealkylation sites (tertiary alicyclic amines) is 1. The molecule has 21 heavy (non-hydrogen) atoms. The van der Waals surface area contributed by atoms with Gasteiger partial charge in [0.2, 0.25) is 0 Å². The molecule has 1 aliphatic rings. The topological polar surface area (TPSA) is 21.1 Å². The molecule has 0 saturated carbocycles. The third-order valence-electron chi connectivity index (χ3n) is 4.39. The zero-order chi connectivity index (χ0) is 14.7. The van der Waals surface area contributed by atoms with Gasteiger partial charge in [0, 0.05) is 25.4 Å². The zero-order valence-corrected chi connectivity index (χ0v) is 13.6. The Morgan fingerprint density at radius 3 is 2.71 bits per heavy atom. The minimum atomic E-state index is 0.631. The van der Waals surface area contributed by atoms with Gasteiger partial charge < -0.3 is 9.47 Å². The first-order valence-electron chi connectivity index (χ1n) is 8.02. The van der Waals surface area contributed by atoms with E-state index in [2.05, 4.69) is 34.6 Å². The summed E-state index contributed by atoms with van der Waals surface area (Å²) in [5.74, 6) is 1.76. The van der Waals surface area contributed by atoms with Crippen LogP contribution in [0.1, 0.15) is 30.7 Å². The molecule has 1 saturated heterocycles. The van der Waals surface area contributed by atoms with Crippen molar-refractivity contribution >= 4 is 22.6 Å². The summed E-state index contributed by atoms with van der Waals surface area (Å²) in [4.78, 5) is 7.36. The van der Waals surface area contributed by atoms with E-state index in [0.717, 1.165) is 30.9 Å². The first-order valence-corrected chi connectivity index (χ1v) is 8.55. The fourth-order valence-electron chi connectivity index (χ4n) is 3.24. The summed E-state index contributed by atoms with van der Waals surface area (Å²) >= 11 is 5.95. The van der Waals surface area contributed by atoms with Gasteiger partial charge in [-0.2, -0.15) is 0 Å². The van der Waals surface area contributed by atoms with Gasteiger partial charge in [-0.15, -0.1) is 11.6 Å². The molecule has 114 valence electrons. The van der Waals surface area contributed by atoms with Gasteiger partial charge in [0.15, 0.2) is 0 Å². The molecule has 1 aromatic carbocycles. The Bertz CT molecular complexity index is 599. The Kier molecular flexibility index (Phi) is 4.81. The standard InChI is InChI=1S/C17H24ClN3/c1-14-5-6-16-15(13-14)19-17(7-8-18)21(16)12-11-20-9-3-2-4-10-20/h5-6,13H,2-4,7-12H2,1H3. The monoisotopic (exact) mass is 305 g/mol. The van der Waals surface area contributed by atoms with Crippen molar-refractivity contribution in [3.63, 3.8) is 0 Å². The summed E-state index contributed by atoms with van der Waals surface area (Å²) < 4.78 is 2.37. The smallest absolute Gasteiger partial charge is 0.111 e. The van der Waals surface area contributed by atoms with E-state index in [1.165, 1.54) is 43.4 Å². The molecular weight excluding hydrogens is 282 g/mol. The molecule has 2 aromatic rings. The molecule has 0 atom stereocenters. The lowest BCUT2D eigenvalue weighted by atomic mass is 10.1. The van der Waals surface area contributed by atoms with E-state index in [-0.39, 0.29) is 0 Å². The second kappa shape index (κ2) is 6.80. The number of halogens is 1. The van der Waals surface area contributed by atoms with E-state index >= 15 is 0 Å². The normalized spacial score (nSPS) is 16.7. The lowest BCUT2D eigenvalue weighted by molar-refractivity contribution is 0.221. The number of rotatable bonds is 5. The molecule has 0 amide bonds. The van der Waals surface area contributed by atoms with Gasteiger partial charge in [0.05, 0.1) is 11.0 Å². The number of piperidine rings is 1. The van der Waals surface area contributed by atoms with Crippen LogP contribution in [0.2, 0.25) is 0 Å². The molecule has 1 fully saturated rings.